The molecule has 1 amide bonds. The summed E-state index contributed by atoms with van der Waals surface area (Å²) in [7, 11) is 0. The topological polar surface area (TPSA) is 75.4 Å². The fourth-order valence-corrected chi connectivity index (χ4v) is 5.39. The lowest BCUT2D eigenvalue weighted by Crippen LogP contribution is -2.47. The summed E-state index contributed by atoms with van der Waals surface area (Å²) in [6, 6.07) is 7.55. The predicted molar refractivity (Wildman–Crippen MR) is 109 cm³/mol. The molecule has 2 N–H and O–H groups in total. The van der Waals surface area contributed by atoms with Crippen LogP contribution in [-0.4, -0.2) is 42.1 Å². The molecular formula is C20H21N5OS. The largest absolute Gasteiger partial charge is 0.368 e. The molecule has 6 nitrogen and oxygen atoms in total. The minimum atomic E-state index is -0.387. The van der Waals surface area contributed by atoms with Gasteiger partial charge in [-0.05, 0) is 49.1 Å². The number of primary amides is 1. The molecule has 0 spiro atoms. The summed E-state index contributed by atoms with van der Waals surface area (Å²) in [6.45, 7) is 3.70. The molecule has 0 saturated carbocycles. The third-order valence-corrected chi connectivity index (χ3v) is 6.78. The summed E-state index contributed by atoms with van der Waals surface area (Å²) >= 11 is 1.84. The number of carbonyl (C=O) groups is 1. The van der Waals surface area contributed by atoms with Crippen molar-refractivity contribution in [3.63, 3.8) is 0 Å². The van der Waals surface area contributed by atoms with Gasteiger partial charge in [0.05, 0.1) is 5.39 Å². The Labute approximate surface area is 161 Å². The van der Waals surface area contributed by atoms with Crippen LogP contribution in [0.25, 0.3) is 10.2 Å². The Bertz CT molecular complexity index is 1010. The number of nitrogens with zero attached hydrogens (tertiary/aromatic N) is 4. The quantitative estimate of drug-likeness (QED) is 0.757. The van der Waals surface area contributed by atoms with Crippen molar-refractivity contribution in [3.05, 3.63) is 46.6 Å². The van der Waals surface area contributed by atoms with Crippen molar-refractivity contribution < 1.29 is 4.79 Å². The maximum atomic E-state index is 11.2. The summed E-state index contributed by atoms with van der Waals surface area (Å²) in [4.78, 5) is 27.8. The maximum absolute atomic E-state index is 11.2. The van der Waals surface area contributed by atoms with Gasteiger partial charge in [0.15, 0.2) is 0 Å². The molecule has 3 aromatic rings. The molecule has 1 aromatic carbocycles. The molecule has 3 heterocycles. The fraction of sp³-hybridized carbons (Fsp3) is 0.350. The Morgan fingerprint density at radius 2 is 1.74 bits per heavy atom. The van der Waals surface area contributed by atoms with Gasteiger partial charge in [-0.25, -0.2) is 9.97 Å². The van der Waals surface area contributed by atoms with Crippen molar-refractivity contribution in [3.8, 4) is 0 Å². The van der Waals surface area contributed by atoms with Gasteiger partial charge in [-0.3, -0.25) is 4.79 Å². The number of piperazine rings is 1. The number of anilines is 2. The van der Waals surface area contributed by atoms with Crippen molar-refractivity contribution in [2.45, 2.75) is 19.3 Å². The molecule has 138 valence electrons. The van der Waals surface area contributed by atoms with Crippen LogP contribution in [0, 0.1) is 0 Å². The molecule has 7 heteroatoms. The van der Waals surface area contributed by atoms with Gasteiger partial charge >= 0.3 is 0 Å². The number of benzene rings is 1. The summed E-state index contributed by atoms with van der Waals surface area (Å²) in [5.74, 6) is 0.713. The number of amides is 1. The number of hydrogen-bond donors (Lipinski definition) is 1. The van der Waals surface area contributed by atoms with Gasteiger partial charge in [0.1, 0.15) is 17.0 Å². The SMILES string of the molecule is NC(=O)c1ccc(N2CCN(c3ncnc4sc5c(c34)CCC5)CC2)cc1. The Hall–Kier alpha value is -2.67. The molecule has 0 atom stereocenters. The second-order valence-corrected chi connectivity index (χ2v) is 8.20. The van der Waals surface area contributed by atoms with E-state index in [2.05, 4.69) is 19.8 Å². The highest BCUT2D eigenvalue weighted by molar-refractivity contribution is 7.19. The zero-order chi connectivity index (χ0) is 18.4. The van der Waals surface area contributed by atoms with E-state index in [1.165, 1.54) is 28.7 Å². The van der Waals surface area contributed by atoms with Gasteiger partial charge in [-0.1, -0.05) is 0 Å². The first-order valence-electron chi connectivity index (χ1n) is 9.36. The normalized spacial score (nSPS) is 16.7. The fourth-order valence-electron chi connectivity index (χ4n) is 4.16. The van der Waals surface area contributed by atoms with E-state index in [-0.39, 0.29) is 5.91 Å². The van der Waals surface area contributed by atoms with Crippen molar-refractivity contribution >= 4 is 39.0 Å². The molecule has 0 radical (unpaired) electrons. The van der Waals surface area contributed by atoms with Gasteiger partial charge in [0.25, 0.3) is 0 Å². The number of thiophene rings is 1. The Kier molecular flexibility index (Phi) is 3.97. The first-order valence-corrected chi connectivity index (χ1v) is 10.2. The highest BCUT2D eigenvalue weighted by Gasteiger charge is 2.25. The van der Waals surface area contributed by atoms with Crippen LogP contribution >= 0.6 is 11.3 Å². The van der Waals surface area contributed by atoms with Crippen LogP contribution in [0.2, 0.25) is 0 Å². The molecule has 2 aromatic heterocycles. The number of aryl methyl sites for hydroxylation is 2. The maximum Gasteiger partial charge on any atom is 0.248 e. The average Bonchev–Trinajstić information content (AvgIpc) is 3.29. The van der Waals surface area contributed by atoms with E-state index in [1.807, 2.05) is 23.5 Å². The van der Waals surface area contributed by atoms with E-state index in [0.29, 0.717) is 5.56 Å². The Balaban J connectivity index is 1.36. The van der Waals surface area contributed by atoms with Crippen LogP contribution in [0.15, 0.2) is 30.6 Å². The van der Waals surface area contributed by atoms with Crippen LogP contribution in [0.3, 0.4) is 0 Å². The minimum absolute atomic E-state index is 0.387. The number of aromatic nitrogens is 2. The van der Waals surface area contributed by atoms with Crippen LogP contribution in [0.4, 0.5) is 11.5 Å². The van der Waals surface area contributed by atoms with Crippen molar-refractivity contribution in [2.24, 2.45) is 5.73 Å². The highest BCUT2D eigenvalue weighted by atomic mass is 32.1. The molecule has 1 aliphatic carbocycles. The number of hydrogen-bond acceptors (Lipinski definition) is 6. The first kappa shape index (κ1) is 16.5. The number of rotatable bonds is 3. The zero-order valence-electron chi connectivity index (χ0n) is 15.0. The van der Waals surface area contributed by atoms with E-state index in [0.717, 1.165) is 48.9 Å². The molecule has 2 aliphatic rings. The smallest absolute Gasteiger partial charge is 0.248 e. The van der Waals surface area contributed by atoms with Gasteiger partial charge < -0.3 is 15.5 Å². The monoisotopic (exact) mass is 379 g/mol. The lowest BCUT2D eigenvalue weighted by Gasteiger charge is -2.37. The molecule has 1 fully saturated rings. The van der Waals surface area contributed by atoms with Gasteiger partial charge in [0, 0.05) is 42.3 Å². The van der Waals surface area contributed by atoms with E-state index >= 15 is 0 Å². The van der Waals surface area contributed by atoms with Crippen molar-refractivity contribution in [1.29, 1.82) is 0 Å². The molecule has 0 unspecified atom stereocenters. The summed E-state index contributed by atoms with van der Waals surface area (Å²) < 4.78 is 0. The first-order chi connectivity index (χ1) is 13.2. The number of carbonyl (C=O) groups excluding carboxylic acids is 1. The van der Waals surface area contributed by atoms with E-state index in [9.17, 15) is 4.79 Å². The second-order valence-electron chi connectivity index (χ2n) is 7.12. The van der Waals surface area contributed by atoms with Crippen molar-refractivity contribution in [2.75, 3.05) is 36.0 Å². The van der Waals surface area contributed by atoms with E-state index < -0.39 is 0 Å². The van der Waals surface area contributed by atoms with E-state index in [1.54, 1.807) is 18.5 Å². The van der Waals surface area contributed by atoms with Gasteiger partial charge in [0.2, 0.25) is 5.91 Å². The zero-order valence-corrected chi connectivity index (χ0v) is 15.8. The predicted octanol–water partition coefficient (Wildman–Crippen LogP) is 2.61. The van der Waals surface area contributed by atoms with Crippen LogP contribution in [-0.2, 0) is 12.8 Å². The summed E-state index contributed by atoms with van der Waals surface area (Å²) in [5.41, 5.74) is 8.49. The minimum Gasteiger partial charge on any atom is -0.368 e. The third-order valence-electron chi connectivity index (χ3n) is 5.58. The van der Waals surface area contributed by atoms with Crippen LogP contribution < -0.4 is 15.5 Å². The molecule has 27 heavy (non-hydrogen) atoms. The third kappa shape index (κ3) is 2.82. The molecule has 0 bridgehead atoms. The molecule has 5 rings (SSSR count). The van der Waals surface area contributed by atoms with Crippen molar-refractivity contribution in [1.82, 2.24) is 9.97 Å². The van der Waals surface area contributed by atoms with Crippen LogP contribution in [0.1, 0.15) is 27.2 Å². The molecule has 1 saturated heterocycles. The standard InChI is InChI=1S/C20H21N5OS/c21-18(26)13-4-6-14(7-5-13)24-8-10-25(11-9-24)19-17-15-2-1-3-16(15)27-20(17)23-12-22-19/h4-7,12H,1-3,8-11H2,(H2,21,26). The lowest BCUT2D eigenvalue weighted by molar-refractivity contribution is 0.100. The summed E-state index contributed by atoms with van der Waals surface area (Å²) in [5, 5.41) is 1.29. The number of nitrogens with two attached hydrogens (primary N) is 1. The van der Waals surface area contributed by atoms with E-state index in [4.69, 9.17) is 5.73 Å². The van der Waals surface area contributed by atoms with Gasteiger partial charge in [-0.15, -0.1) is 11.3 Å². The summed E-state index contributed by atoms with van der Waals surface area (Å²) in [6.07, 6.45) is 5.30. The molecule has 1 aliphatic heterocycles. The Morgan fingerprint density at radius 3 is 2.48 bits per heavy atom. The Morgan fingerprint density at radius 1 is 1.00 bits per heavy atom. The van der Waals surface area contributed by atoms with Crippen LogP contribution in [0.5, 0.6) is 0 Å². The highest BCUT2D eigenvalue weighted by Crippen LogP contribution is 2.40. The number of fused-ring (bicyclic) bond motifs is 3. The van der Waals surface area contributed by atoms with Gasteiger partial charge in [-0.2, -0.15) is 0 Å². The second kappa shape index (κ2) is 6.49. The average molecular weight is 379 g/mol. The molecular weight excluding hydrogens is 358 g/mol. The lowest BCUT2D eigenvalue weighted by atomic mass is 10.1.